The van der Waals surface area contributed by atoms with Gasteiger partial charge in [0.1, 0.15) is 18.3 Å². The van der Waals surface area contributed by atoms with Gasteiger partial charge in [0.15, 0.2) is 0 Å². The van der Waals surface area contributed by atoms with Crippen molar-refractivity contribution in [3.8, 4) is 6.07 Å². The van der Waals surface area contributed by atoms with Crippen LogP contribution in [0.3, 0.4) is 0 Å². The molecule has 33 heavy (non-hydrogen) atoms. The van der Waals surface area contributed by atoms with Crippen LogP contribution in [0.2, 0.25) is 0 Å². The number of hydrazone groups is 1. The van der Waals surface area contributed by atoms with E-state index in [1.165, 1.54) is 17.3 Å². The lowest BCUT2D eigenvalue weighted by atomic mass is 9.94. The summed E-state index contributed by atoms with van der Waals surface area (Å²) in [4.78, 5) is 18.6. The number of para-hydroxylation sites is 1. The Morgan fingerprint density at radius 2 is 2.06 bits per heavy atom. The van der Waals surface area contributed by atoms with Crippen molar-refractivity contribution in [3.05, 3.63) is 65.6 Å². The molecule has 4 rings (SSSR count). The lowest BCUT2D eigenvalue weighted by Crippen LogP contribution is -2.62. The Kier molecular flexibility index (Phi) is 5.68. The summed E-state index contributed by atoms with van der Waals surface area (Å²) in [6.45, 7) is 5.44. The van der Waals surface area contributed by atoms with Gasteiger partial charge in [-0.1, -0.05) is 18.2 Å². The van der Waals surface area contributed by atoms with Crippen LogP contribution in [0.15, 0.2) is 53.8 Å². The maximum absolute atomic E-state index is 14.7. The van der Waals surface area contributed by atoms with Crippen LogP contribution in [0.4, 0.5) is 14.9 Å². The van der Waals surface area contributed by atoms with Gasteiger partial charge in [-0.05, 0) is 57.0 Å². The Hall–Kier alpha value is -4.06. The minimum atomic E-state index is -1.10. The summed E-state index contributed by atoms with van der Waals surface area (Å²) in [5, 5.41) is 24.7. The van der Waals surface area contributed by atoms with Gasteiger partial charge in [0.25, 0.3) is 0 Å². The Balaban J connectivity index is 1.83. The van der Waals surface area contributed by atoms with Crippen LogP contribution in [0.25, 0.3) is 10.9 Å². The molecule has 0 fully saturated rings. The lowest BCUT2D eigenvalue weighted by Gasteiger charge is -2.44. The van der Waals surface area contributed by atoms with Gasteiger partial charge in [0.05, 0.1) is 23.4 Å². The molecule has 8 nitrogen and oxygen atoms in total. The normalized spacial score (nSPS) is 16.5. The maximum Gasteiger partial charge on any atom is 0.408 e. The van der Waals surface area contributed by atoms with Gasteiger partial charge in [-0.3, -0.25) is 10.3 Å². The summed E-state index contributed by atoms with van der Waals surface area (Å²) in [6.07, 6.45) is 1.76. The molecule has 2 heterocycles. The highest BCUT2D eigenvalue weighted by Gasteiger charge is 2.42. The van der Waals surface area contributed by atoms with Crippen LogP contribution in [0.5, 0.6) is 0 Å². The van der Waals surface area contributed by atoms with E-state index in [0.717, 1.165) is 16.5 Å². The summed E-state index contributed by atoms with van der Waals surface area (Å²) >= 11 is 0. The number of halogens is 1. The van der Waals surface area contributed by atoms with Gasteiger partial charge in [-0.2, -0.15) is 10.4 Å². The van der Waals surface area contributed by atoms with E-state index >= 15 is 0 Å². The Labute approximate surface area is 190 Å². The van der Waals surface area contributed by atoms with Crippen molar-refractivity contribution >= 4 is 29.0 Å². The van der Waals surface area contributed by atoms with Gasteiger partial charge in [0.2, 0.25) is 0 Å². The Morgan fingerprint density at radius 1 is 1.30 bits per heavy atom. The third-order valence-corrected chi connectivity index (χ3v) is 5.78. The molecule has 0 saturated heterocycles. The number of nitrogens with zero attached hydrogens (tertiary/aromatic N) is 4. The molecule has 1 aliphatic heterocycles. The molecule has 1 amide bonds. The summed E-state index contributed by atoms with van der Waals surface area (Å²) in [5.41, 5.74) is 4.60. The van der Waals surface area contributed by atoms with Gasteiger partial charge in [0, 0.05) is 22.6 Å². The van der Waals surface area contributed by atoms with Crippen molar-refractivity contribution in [1.82, 2.24) is 15.3 Å². The highest BCUT2D eigenvalue weighted by Crippen LogP contribution is 2.31. The Bertz CT molecular complexity index is 1260. The zero-order valence-corrected chi connectivity index (χ0v) is 18.6. The van der Waals surface area contributed by atoms with Crippen LogP contribution in [0.1, 0.15) is 31.9 Å². The minimum Gasteiger partial charge on any atom is -0.465 e. The number of amides is 1. The van der Waals surface area contributed by atoms with E-state index in [2.05, 4.69) is 21.6 Å². The number of carboxylic acid groups (broad SMARTS) is 1. The third-order valence-electron chi connectivity index (χ3n) is 5.78. The van der Waals surface area contributed by atoms with Crippen molar-refractivity contribution < 1.29 is 14.3 Å². The first-order valence-corrected chi connectivity index (χ1v) is 10.6. The molecule has 2 unspecified atom stereocenters. The summed E-state index contributed by atoms with van der Waals surface area (Å²) in [7, 11) is 0. The number of benzene rings is 2. The van der Waals surface area contributed by atoms with Crippen LogP contribution < -0.4 is 10.3 Å². The number of hydrogen-bond acceptors (Lipinski definition) is 5. The lowest BCUT2D eigenvalue weighted by molar-refractivity contribution is 0.0585. The number of fused-ring (bicyclic) bond motifs is 1. The summed E-state index contributed by atoms with van der Waals surface area (Å²) in [6, 6.07) is 13.2. The second kappa shape index (κ2) is 8.47. The Morgan fingerprint density at radius 3 is 2.73 bits per heavy atom. The van der Waals surface area contributed by atoms with E-state index in [4.69, 9.17) is 0 Å². The molecular formula is C24H25FN6O2. The first-order chi connectivity index (χ1) is 15.7. The van der Waals surface area contributed by atoms with Crippen LogP contribution in [-0.2, 0) is 6.42 Å². The van der Waals surface area contributed by atoms with E-state index in [9.17, 15) is 19.6 Å². The van der Waals surface area contributed by atoms with Crippen molar-refractivity contribution in [2.75, 3.05) is 4.90 Å². The fraction of sp³-hybridized carbons (Fsp3) is 0.292. The van der Waals surface area contributed by atoms with E-state index < -0.39 is 29.7 Å². The van der Waals surface area contributed by atoms with Crippen LogP contribution >= 0.6 is 0 Å². The topological polar surface area (TPSA) is 108 Å². The smallest absolute Gasteiger partial charge is 0.408 e. The number of carbonyl (C=O) groups is 1. The van der Waals surface area contributed by atoms with Crippen molar-refractivity contribution in [2.24, 2.45) is 5.10 Å². The third kappa shape index (κ3) is 4.07. The summed E-state index contributed by atoms with van der Waals surface area (Å²) in [5.74, 6) is -0.437. The molecule has 3 aromatic rings. The molecular weight excluding hydrogens is 423 g/mol. The first-order valence-electron chi connectivity index (χ1n) is 10.6. The molecule has 1 aromatic heterocycles. The fourth-order valence-corrected chi connectivity index (χ4v) is 4.46. The zero-order chi connectivity index (χ0) is 23.8. The van der Waals surface area contributed by atoms with E-state index in [-0.39, 0.29) is 12.1 Å². The average Bonchev–Trinajstić information content (AvgIpc) is 3.39. The molecule has 2 atom stereocenters. The quantitative estimate of drug-likeness (QED) is 0.541. The van der Waals surface area contributed by atoms with E-state index in [1.807, 2.05) is 26.8 Å². The largest absolute Gasteiger partial charge is 0.465 e. The number of nitrogens with one attached hydrogen (secondary N) is 2. The number of aromatic nitrogens is 1. The standard InChI is InChI=1S/C24H25FN6O2/c1-24(2,3)31(23(32)33)20(11-16-13-27-18-9-6-7-15(12-26)21(16)18)22-29-28-14-30(22)19-10-5-4-8-17(19)25/h4-10,13-14,20,22,27,29H,11H2,1-3H3,(H,32,33). The molecule has 0 radical (unpaired) electrons. The predicted octanol–water partition coefficient (Wildman–Crippen LogP) is 4.25. The molecule has 0 spiro atoms. The van der Waals surface area contributed by atoms with Gasteiger partial charge < -0.3 is 15.0 Å². The SMILES string of the molecule is CC(C)(C)N(C(=O)O)C(Cc1c[nH]c2cccc(C#N)c12)C1NN=CN1c1ccccc1F. The minimum absolute atomic E-state index is 0.272. The predicted molar refractivity (Wildman–Crippen MR) is 124 cm³/mol. The number of hydrogen-bond donors (Lipinski definition) is 3. The van der Waals surface area contributed by atoms with Gasteiger partial charge >= 0.3 is 6.09 Å². The average molecular weight is 449 g/mol. The van der Waals surface area contributed by atoms with Crippen LogP contribution in [-0.4, -0.2) is 45.2 Å². The van der Waals surface area contributed by atoms with Crippen molar-refractivity contribution in [1.29, 1.82) is 5.26 Å². The molecule has 3 N–H and O–H groups in total. The van der Waals surface area contributed by atoms with Gasteiger partial charge in [-0.15, -0.1) is 0 Å². The number of anilines is 1. The number of nitriles is 1. The number of rotatable bonds is 5. The van der Waals surface area contributed by atoms with E-state index in [1.54, 1.807) is 41.4 Å². The number of aromatic amines is 1. The first kappa shape index (κ1) is 22.1. The second-order valence-corrected chi connectivity index (χ2v) is 8.93. The molecule has 0 saturated carbocycles. The molecule has 170 valence electrons. The van der Waals surface area contributed by atoms with Crippen LogP contribution in [0, 0.1) is 17.1 Å². The zero-order valence-electron chi connectivity index (χ0n) is 18.6. The highest BCUT2D eigenvalue weighted by molar-refractivity contribution is 5.89. The van der Waals surface area contributed by atoms with E-state index in [0.29, 0.717) is 5.56 Å². The molecule has 9 heteroatoms. The maximum atomic E-state index is 14.7. The van der Waals surface area contributed by atoms with Gasteiger partial charge in [-0.25, -0.2) is 9.18 Å². The summed E-state index contributed by atoms with van der Waals surface area (Å²) < 4.78 is 14.7. The monoisotopic (exact) mass is 448 g/mol. The molecule has 1 aliphatic rings. The molecule has 2 aromatic carbocycles. The van der Waals surface area contributed by atoms with Crippen molar-refractivity contribution in [2.45, 2.75) is 44.9 Å². The highest BCUT2D eigenvalue weighted by atomic mass is 19.1. The second-order valence-electron chi connectivity index (χ2n) is 8.93. The molecule has 0 bridgehead atoms. The van der Waals surface area contributed by atoms with Crippen molar-refractivity contribution in [3.63, 3.8) is 0 Å². The molecule has 0 aliphatic carbocycles. The fourth-order valence-electron chi connectivity index (χ4n) is 4.46. The number of H-pyrrole nitrogens is 1.